The number of hydrogen-bond donors (Lipinski definition) is 1. The molecule has 0 aliphatic heterocycles. The number of amides is 1. The van der Waals surface area contributed by atoms with E-state index in [-0.39, 0.29) is 17.9 Å². The lowest BCUT2D eigenvalue weighted by Crippen LogP contribution is -2.41. The number of hydrogen-bond acceptors (Lipinski definition) is 5. The summed E-state index contributed by atoms with van der Waals surface area (Å²) in [6.45, 7) is 4.73. The van der Waals surface area contributed by atoms with Crippen molar-refractivity contribution >= 4 is 27.5 Å². The highest BCUT2D eigenvalue weighted by Crippen LogP contribution is 2.21. The Kier molecular flexibility index (Phi) is 4.15. The molecular weight excluding hydrogens is 298 g/mol. The zero-order chi connectivity index (χ0) is 15.5. The predicted molar refractivity (Wildman–Crippen MR) is 85.7 cm³/mol. The maximum atomic E-state index is 12.4. The highest BCUT2D eigenvalue weighted by molar-refractivity contribution is 7.20. The van der Waals surface area contributed by atoms with E-state index in [1.54, 1.807) is 11.0 Å². The summed E-state index contributed by atoms with van der Waals surface area (Å²) < 4.78 is 2.74. The number of nitrogens with zero attached hydrogens (tertiary/aromatic N) is 4. The topological polar surface area (TPSA) is 72.7 Å². The van der Waals surface area contributed by atoms with Crippen LogP contribution in [0.4, 0.5) is 0 Å². The van der Waals surface area contributed by atoms with E-state index >= 15 is 0 Å². The van der Waals surface area contributed by atoms with Gasteiger partial charge in [-0.2, -0.15) is 5.10 Å². The van der Waals surface area contributed by atoms with Crippen molar-refractivity contribution in [2.24, 2.45) is 5.92 Å². The van der Waals surface area contributed by atoms with Gasteiger partial charge in [-0.05, 0) is 18.1 Å². The molecule has 1 N–H and O–H groups in total. The molecule has 6 nitrogen and oxygen atoms in total. The van der Waals surface area contributed by atoms with Crippen LogP contribution >= 0.6 is 11.3 Å². The molecule has 0 bridgehead atoms. The fraction of sp³-hybridized carbons (Fsp3) is 0.333. The second-order valence-electron chi connectivity index (χ2n) is 5.43. The molecule has 7 heteroatoms. The Morgan fingerprint density at radius 3 is 2.86 bits per heavy atom. The van der Waals surface area contributed by atoms with Gasteiger partial charge < -0.3 is 5.32 Å². The van der Waals surface area contributed by atoms with Crippen molar-refractivity contribution in [3.8, 4) is 0 Å². The van der Waals surface area contributed by atoms with Crippen LogP contribution in [0.3, 0.4) is 0 Å². The van der Waals surface area contributed by atoms with Gasteiger partial charge in [0, 0.05) is 0 Å². The molecule has 22 heavy (non-hydrogen) atoms. The van der Waals surface area contributed by atoms with E-state index in [0.717, 1.165) is 10.2 Å². The van der Waals surface area contributed by atoms with E-state index in [9.17, 15) is 4.79 Å². The van der Waals surface area contributed by atoms with Crippen LogP contribution in [0.15, 0.2) is 36.9 Å². The number of nitrogens with one attached hydrogen (secondary N) is 1. The number of para-hydroxylation sites is 1. The van der Waals surface area contributed by atoms with Crippen LogP contribution in [0.5, 0.6) is 0 Å². The van der Waals surface area contributed by atoms with Crippen molar-refractivity contribution in [2.45, 2.75) is 26.4 Å². The molecule has 1 aromatic carbocycles. The summed E-state index contributed by atoms with van der Waals surface area (Å²) in [6, 6.07) is 7.73. The molecule has 0 saturated carbocycles. The smallest absolute Gasteiger partial charge is 0.280 e. The summed E-state index contributed by atoms with van der Waals surface area (Å²) in [7, 11) is 0. The summed E-state index contributed by atoms with van der Waals surface area (Å²) in [5, 5.41) is 7.64. The zero-order valence-electron chi connectivity index (χ0n) is 12.4. The van der Waals surface area contributed by atoms with Gasteiger partial charge in [-0.25, -0.2) is 9.97 Å². The molecule has 0 aliphatic rings. The Bertz CT molecular complexity index is 732. The fourth-order valence-corrected chi connectivity index (χ4v) is 3.02. The summed E-state index contributed by atoms with van der Waals surface area (Å²) in [4.78, 5) is 20.8. The fourth-order valence-electron chi connectivity index (χ4n) is 2.15. The Morgan fingerprint density at radius 2 is 2.18 bits per heavy atom. The Labute approximate surface area is 132 Å². The number of benzene rings is 1. The first-order chi connectivity index (χ1) is 10.6. The van der Waals surface area contributed by atoms with Crippen molar-refractivity contribution in [3.05, 3.63) is 41.9 Å². The minimum atomic E-state index is -0.139. The molecule has 1 amide bonds. The molecular formula is C15H17N5OS. The van der Waals surface area contributed by atoms with Gasteiger partial charge in [0.15, 0.2) is 5.01 Å². The summed E-state index contributed by atoms with van der Waals surface area (Å²) in [5.74, 6) is 0.141. The third kappa shape index (κ3) is 3.14. The lowest BCUT2D eigenvalue weighted by molar-refractivity contribution is 0.0919. The lowest BCUT2D eigenvalue weighted by Gasteiger charge is -2.21. The van der Waals surface area contributed by atoms with Gasteiger partial charge in [0.25, 0.3) is 5.91 Å². The van der Waals surface area contributed by atoms with E-state index in [2.05, 4.69) is 34.2 Å². The Balaban J connectivity index is 1.75. The first-order valence-corrected chi connectivity index (χ1v) is 7.94. The van der Waals surface area contributed by atoms with Crippen LogP contribution in [0.25, 0.3) is 10.2 Å². The third-order valence-corrected chi connectivity index (χ3v) is 4.49. The first kappa shape index (κ1) is 14.6. The number of carbonyl (C=O) groups is 1. The molecule has 0 aliphatic carbocycles. The zero-order valence-corrected chi connectivity index (χ0v) is 13.2. The van der Waals surface area contributed by atoms with Gasteiger partial charge in [0.1, 0.15) is 12.7 Å². The number of aromatic nitrogens is 4. The number of carbonyl (C=O) groups excluding carboxylic acids is 1. The van der Waals surface area contributed by atoms with Crippen molar-refractivity contribution in [2.75, 3.05) is 0 Å². The van der Waals surface area contributed by atoms with E-state index in [1.165, 1.54) is 17.7 Å². The third-order valence-electron chi connectivity index (χ3n) is 3.46. The van der Waals surface area contributed by atoms with Crippen LogP contribution in [-0.2, 0) is 6.54 Å². The molecule has 3 rings (SSSR count). The molecule has 114 valence electrons. The van der Waals surface area contributed by atoms with Crippen LogP contribution in [0, 0.1) is 5.92 Å². The van der Waals surface area contributed by atoms with Gasteiger partial charge in [-0.3, -0.25) is 9.48 Å². The van der Waals surface area contributed by atoms with E-state index in [1.807, 2.05) is 24.3 Å². The van der Waals surface area contributed by atoms with Gasteiger partial charge in [-0.1, -0.05) is 26.0 Å². The minimum absolute atomic E-state index is 0.0267. The normalized spacial score (nSPS) is 12.7. The number of thiazole rings is 1. The standard InChI is InChI=1S/C15H17N5OS/c1-10(2)12(7-20-9-16-8-17-20)18-14(21)15-19-11-5-3-4-6-13(11)22-15/h3-6,8-10,12H,7H2,1-2H3,(H,18,21)/t12-/m1/s1. The van der Waals surface area contributed by atoms with Crippen molar-refractivity contribution < 1.29 is 4.79 Å². The monoisotopic (exact) mass is 315 g/mol. The molecule has 0 unspecified atom stereocenters. The molecule has 0 spiro atoms. The minimum Gasteiger partial charge on any atom is -0.345 e. The maximum absolute atomic E-state index is 12.4. The van der Waals surface area contributed by atoms with Gasteiger partial charge in [0.2, 0.25) is 0 Å². The maximum Gasteiger partial charge on any atom is 0.280 e. The summed E-state index contributed by atoms with van der Waals surface area (Å²) >= 11 is 1.41. The molecule has 0 saturated heterocycles. The highest BCUT2D eigenvalue weighted by atomic mass is 32.1. The molecule has 1 atom stereocenters. The lowest BCUT2D eigenvalue weighted by atomic mass is 10.0. The Hall–Kier alpha value is -2.28. The predicted octanol–water partition coefficient (Wildman–Crippen LogP) is 2.34. The molecule has 2 aromatic heterocycles. The molecule has 0 radical (unpaired) electrons. The summed E-state index contributed by atoms with van der Waals surface area (Å²) in [6.07, 6.45) is 3.14. The van der Waals surface area contributed by atoms with Gasteiger partial charge in [-0.15, -0.1) is 11.3 Å². The van der Waals surface area contributed by atoms with E-state index in [4.69, 9.17) is 0 Å². The van der Waals surface area contributed by atoms with Crippen molar-refractivity contribution in [1.29, 1.82) is 0 Å². The van der Waals surface area contributed by atoms with Crippen LogP contribution < -0.4 is 5.32 Å². The average Bonchev–Trinajstić information content (AvgIpc) is 3.15. The van der Waals surface area contributed by atoms with Crippen LogP contribution in [0.1, 0.15) is 23.6 Å². The van der Waals surface area contributed by atoms with Gasteiger partial charge >= 0.3 is 0 Å². The van der Waals surface area contributed by atoms with E-state index < -0.39 is 0 Å². The SMILES string of the molecule is CC(C)[C@@H](Cn1cncn1)NC(=O)c1nc2ccccc2s1. The number of rotatable bonds is 5. The number of fused-ring (bicyclic) bond motifs is 1. The van der Waals surface area contributed by atoms with Gasteiger partial charge in [0.05, 0.1) is 22.8 Å². The second-order valence-corrected chi connectivity index (χ2v) is 6.46. The van der Waals surface area contributed by atoms with Crippen LogP contribution in [-0.4, -0.2) is 31.7 Å². The second kappa shape index (κ2) is 6.23. The van der Waals surface area contributed by atoms with Crippen LogP contribution in [0.2, 0.25) is 0 Å². The largest absolute Gasteiger partial charge is 0.345 e. The van der Waals surface area contributed by atoms with Crippen molar-refractivity contribution in [1.82, 2.24) is 25.1 Å². The van der Waals surface area contributed by atoms with E-state index in [0.29, 0.717) is 11.6 Å². The molecule has 0 fully saturated rings. The highest BCUT2D eigenvalue weighted by Gasteiger charge is 2.20. The van der Waals surface area contributed by atoms with Crippen molar-refractivity contribution in [3.63, 3.8) is 0 Å². The average molecular weight is 315 g/mol. The first-order valence-electron chi connectivity index (χ1n) is 7.12. The summed E-state index contributed by atoms with van der Waals surface area (Å²) in [5.41, 5.74) is 0.857. The molecule has 3 aromatic rings. The Morgan fingerprint density at radius 1 is 1.36 bits per heavy atom. The quantitative estimate of drug-likeness (QED) is 0.784. The molecule has 2 heterocycles.